The zero-order valence-corrected chi connectivity index (χ0v) is 11.4. The molecule has 2 aliphatic rings. The summed E-state index contributed by atoms with van der Waals surface area (Å²) < 4.78 is 0. The Morgan fingerprint density at radius 2 is 1.60 bits per heavy atom. The van der Waals surface area contributed by atoms with Crippen LogP contribution in [0.5, 0.6) is 0 Å². The van der Waals surface area contributed by atoms with Crippen molar-refractivity contribution < 1.29 is 19.5 Å². The van der Waals surface area contributed by atoms with E-state index in [-0.39, 0.29) is 29.8 Å². The summed E-state index contributed by atoms with van der Waals surface area (Å²) in [6, 6.07) is -0.376. The fourth-order valence-corrected chi connectivity index (χ4v) is 2.42. The van der Waals surface area contributed by atoms with E-state index in [1.807, 2.05) is 0 Å². The van der Waals surface area contributed by atoms with Gasteiger partial charge < -0.3 is 21.1 Å². The monoisotopic (exact) mass is 283 g/mol. The highest BCUT2D eigenvalue weighted by molar-refractivity contribution is 5.81. The Kier molecular flexibility index (Phi) is 4.81. The van der Waals surface area contributed by atoms with E-state index in [2.05, 4.69) is 16.0 Å². The quantitative estimate of drug-likeness (QED) is 0.517. The van der Waals surface area contributed by atoms with E-state index in [9.17, 15) is 14.4 Å². The van der Waals surface area contributed by atoms with E-state index >= 15 is 0 Å². The average molecular weight is 283 g/mol. The Morgan fingerprint density at radius 3 is 2.20 bits per heavy atom. The molecule has 2 aliphatic carbocycles. The van der Waals surface area contributed by atoms with Crippen LogP contribution in [-0.4, -0.2) is 42.1 Å². The van der Waals surface area contributed by atoms with Crippen molar-refractivity contribution in [2.24, 2.45) is 11.8 Å². The number of rotatable bonds is 6. The Morgan fingerprint density at radius 1 is 0.950 bits per heavy atom. The topological polar surface area (TPSA) is 108 Å². The third-order valence-electron chi connectivity index (χ3n) is 3.78. The number of urea groups is 1. The first-order valence-corrected chi connectivity index (χ1v) is 7.11. The van der Waals surface area contributed by atoms with Crippen LogP contribution in [0.15, 0.2) is 0 Å². The molecule has 7 nitrogen and oxygen atoms in total. The number of nitrogens with one attached hydrogen (secondary N) is 3. The molecule has 2 unspecified atom stereocenters. The molecule has 2 saturated carbocycles. The van der Waals surface area contributed by atoms with Gasteiger partial charge in [-0.2, -0.15) is 0 Å². The highest BCUT2D eigenvalue weighted by Gasteiger charge is 2.30. The van der Waals surface area contributed by atoms with Gasteiger partial charge >= 0.3 is 12.0 Å². The fraction of sp³-hybridized carbons (Fsp3) is 0.769. The number of carbonyl (C=O) groups is 3. The van der Waals surface area contributed by atoms with Gasteiger partial charge in [-0.3, -0.25) is 9.59 Å². The van der Waals surface area contributed by atoms with Crippen molar-refractivity contribution in [2.45, 2.75) is 38.1 Å². The van der Waals surface area contributed by atoms with Crippen LogP contribution in [-0.2, 0) is 9.59 Å². The Labute approximate surface area is 117 Å². The molecule has 0 radical (unpaired) electrons. The second kappa shape index (κ2) is 6.58. The molecule has 0 saturated heterocycles. The Hall–Kier alpha value is -1.79. The molecule has 0 bridgehead atoms. The van der Waals surface area contributed by atoms with Crippen LogP contribution in [0.2, 0.25) is 0 Å². The molecule has 3 amide bonds. The standard InChI is InChI=1S/C13H21N3O4/c17-11(8-1-2-8)14-5-6-15-13(20)16-10-4-3-9(7-10)12(18)19/h8-10H,1-7H2,(H,14,17)(H,18,19)(H2,15,16,20). The normalized spacial score (nSPS) is 25.0. The summed E-state index contributed by atoms with van der Waals surface area (Å²) in [6.07, 6.45) is 3.72. The van der Waals surface area contributed by atoms with E-state index in [1.165, 1.54) is 0 Å². The third-order valence-corrected chi connectivity index (χ3v) is 3.78. The average Bonchev–Trinajstić information content (AvgIpc) is 3.15. The number of hydrogen-bond donors (Lipinski definition) is 4. The maximum atomic E-state index is 11.6. The summed E-state index contributed by atoms with van der Waals surface area (Å²) in [7, 11) is 0. The van der Waals surface area contributed by atoms with Gasteiger partial charge in [-0.05, 0) is 32.1 Å². The lowest BCUT2D eigenvalue weighted by Crippen LogP contribution is -2.44. The molecule has 7 heteroatoms. The molecule has 112 valence electrons. The number of aliphatic carboxylic acids is 1. The number of hydrogen-bond acceptors (Lipinski definition) is 3. The predicted molar refractivity (Wildman–Crippen MR) is 71.0 cm³/mol. The first-order chi connectivity index (χ1) is 9.56. The fourth-order valence-electron chi connectivity index (χ4n) is 2.42. The molecule has 0 aliphatic heterocycles. The molecule has 20 heavy (non-hydrogen) atoms. The second-order valence-electron chi connectivity index (χ2n) is 5.51. The van der Waals surface area contributed by atoms with Gasteiger partial charge in [0.1, 0.15) is 0 Å². The molecule has 0 aromatic heterocycles. The molecule has 0 spiro atoms. The first-order valence-electron chi connectivity index (χ1n) is 7.11. The molecular formula is C13H21N3O4. The highest BCUT2D eigenvalue weighted by atomic mass is 16.4. The zero-order chi connectivity index (χ0) is 14.5. The Bertz CT molecular complexity index is 395. The number of amides is 3. The van der Waals surface area contributed by atoms with Crippen molar-refractivity contribution in [1.82, 2.24) is 16.0 Å². The van der Waals surface area contributed by atoms with E-state index in [0.717, 1.165) is 12.8 Å². The summed E-state index contributed by atoms with van der Waals surface area (Å²) >= 11 is 0. The maximum absolute atomic E-state index is 11.6. The van der Waals surface area contributed by atoms with Crippen LogP contribution in [0.25, 0.3) is 0 Å². The SMILES string of the molecule is O=C(NCCNC(=O)C1CC1)NC1CCC(C(=O)O)C1. The smallest absolute Gasteiger partial charge is 0.315 e. The van der Waals surface area contributed by atoms with Gasteiger partial charge in [-0.15, -0.1) is 0 Å². The maximum Gasteiger partial charge on any atom is 0.315 e. The molecule has 2 rings (SSSR count). The summed E-state index contributed by atoms with van der Waals surface area (Å²) in [5.41, 5.74) is 0. The summed E-state index contributed by atoms with van der Waals surface area (Å²) in [6.45, 7) is 0.796. The molecule has 0 aromatic carbocycles. The minimum atomic E-state index is -0.794. The number of carboxylic acid groups (broad SMARTS) is 1. The van der Waals surface area contributed by atoms with E-state index in [4.69, 9.17) is 5.11 Å². The van der Waals surface area contributed by atoms with Crippen LogP contribution in [0.1, 0.15) is 32.1 Å². The molecule has 2 fully saturated rings. The van der Waals surface area contributed by atoms with Gasteiger partial charge in [-0.25, -0.2) is 4.79 Å². The van der Waals surface area contributed by atoms with Crippen LogP contribution >= 0.6 is 0 Å². The van der Waals surface area contributed by atoms with E-state index < -0.39 is 5.97 Å². The van der Waals surface area contributed by atoms with E-state index in [1.54, 1.807) is 0 Å². The van der Waals surface area contributed by atoms with Gasteiger partial charge in [-0.1, -0.05) is 0 Å². The highest BCUT2D eigenvalue weighted by Crippen LogP contribution is 2.28. The lowest BCUT2D eigenvalue weighted by Gasteiger charge is -2.13. The van der Waals surface area contributed by atoms with Gasteiger partial charge in [0.15, 0.2) is 0 Å². The summed E-state index contributed by atoms with van der Waals surface area (Å²) in [5.74, 6) is -0.904. The third kappa shape index (κ3) is 4.40. The minimum absolute atomic E-state index is 0.0623. The van der Waals surface area contributed by atoms with Crippen molar-refractivity contribution in [3.8, 4) is 0 Å². The van der Waals surface area contributed by atoms with Crippen LogP contribution in [0.3, 0.4) is 0 Å². The van der Waals surface area contributed by atoms with Crippen LogP contribution < -0.4 is 16.0 Å². The van der Waals surface area contributed by atoms with Crippen molar-refractivity contribution >= 4 is 17.9 Å². The lowest BCUT2D eigenvalue weighted by atomic mass is 10.1. The van der Waals surface area contributed by atoms with Crippen molar-refractivity contribution in [3.05, 3.63) is 0 Å². The van der Waals surface area contributed by atoms with Crippen molar-refractivity contribution in [2.75, 3.05) is 13.1 Å². The van der Waals surface area contributed by atoms with Gasteiger partial charge in [0.2, 0.25) is 5.91 Å². The first kappa shape index (κ1) is 14.6. The predicted octanol–water partition coefficient (Wildman–Crippen LogP) is 0.0651. The van der Waals surface area contributed by atoms with Crippen molar-refractivity contribution in [1.29, 1.82) is 0 Å². The molecule has 0 heterocycles. The van der Waals surface area contributed by atoms with Crippen LogP contribution in [0, 0.1) is 11.8 Å². The largest absolute Gasteiger partial charge is 0.481 e. The molecular weight excluding hydrogens is 262 g/mol. The number of carbonyl (C=O) groups excluding carboxylic acids is 2. The Balaban J connectivity index is 1.54. The summed E-state index contributed by atoms with van der Waals surface area (Å²) in [5, 5.41) is 17.0. The van der Waals surface area contributed by atoms with Gasteiger partial charge in [0.25, 0.3) is 0 Å². The lowest BCUT2D eigenvalue weighted by molar-refractivity contribution is -0.141. The van der Waals surface area contributed by atoms with E-state index in [0.29, 0.717) is 32.4 Å². The zero-order valence-electron chi connectivity index (χ0n) is 11.4. The van der Waals surface area contributed by atoms with Crippen LogP contribution in [0.4, 0.5) is 4.79 Å². The van der Waals surface area contributed by atoms with Crippen molar-refractivity contribution in [3.63, 3.8) is 0 Å². The minimum Gasteiger partial charge on any atom is -0.481 e. The van der Waals surface area contributed by atoms with Gasteiger partial charge in [0.05, 0.1) is 5.92 Å². The molecule has 4 N–H and O–H groups in total. The molecule has 0 aromatic rings. The summed E-state index contributed by atoms with van der Waals surface area (Å²) in [4.78, 5) is 33.7. The second-order valence-corrected chi connectivity index (χ2v) is 5.51. The molecule has 2 atom stereocenters. The van der Waals surface area contributed by atoms with Gasteiger partial charge in [0, 0.05) is 25.0 Å². The number of carboxylic acids is 1.